The third-order valence-corrected chi connectivity index (χ3v) is 4.35. The van der Waals surface area contributed by atoms with Crippen molar-refractivity contribution in [3.63, 3.8) is 0 Å². The molecule has 112 valence electrons. The van der Waals surface area contributed by atoms with Crippen LogP contribution < -0.4 is 5.32 Å². The molecule has 1 aromatic rings. The topological polar surface area (TPSA) is 32.3 Å². The normalized spacial score (nSPS) is 24.6. The van der Waals surface area contributed by atoms with Crippen LogP contribution in [0.15, 0.2) is 18.2 Å². The highest BCUT2D eigenvalue weighted by Crippen LogP contribution is 2.27. The third-order valence-electron chi connectivity index (χ3n) is 4.35. The molecule has 1 unspecified atom stereocenters. The van der Waals surface area contributed by atoms with E-state index in [2.05, 4.69) is 12.2 Å². The fourth-order valence-electron chi connectivity index (χ4n) is 2.93. The monoisotopic (exact) mass is 283 g/mol. The van der Waals surface area contributed by atoms with Gasteiger partial charge < -0.3 is 10.4 Å². The minimum Gasteiger partial charge on any atom is -0.387 e. The van der Waals surface area contributed by atoms with Gasteiger partial charge in [-0.05, 0) is 37.7 Å². The van der Waals surface area contributed by atoms with Crippen molar-refractivity contribution in [3.05, 3.63) is 35.4 Å². The number of aliphatic hydroxyl groups is 1. The van der Waals surface area contributed by atoms with E-state index in [0.717, 1.165) is 24.8 Å². The Kier molecular flexibility index (Phi) is 5.49. The lowest BCUT2D eigenvalue weighted by molar-refractivity contribution is 0.158. The van der Waals surface area contributed by atoms with Gasteiger partial charge in [-0.2, -0.15) is 0 Å². The van der Waals surface area contributed by atoms with Crippen molar-refractivity contribution >= 4 is 0 Å². The maximum atomic E-state index is 13.5. The van der Waals surface area contributed by atoms with Gasteiger partial charge in [0.15, 0.2) is 0 Å². The SMILES string of the molecule is CCC1CCC(NCC(O)c2ccc(F)cc2F)CC1. The molecule has 2 nitrogen and oxygen atoms in total. The van der Waals surface area contributed by atoms with Crippen LogP contribution in [0.25, 0.3) is 0 Å². The summed E-state index contributed by atoms with van der Waals surface area (Å²) in [6, 6.07) is 3.69. The predicted octanol–water partition coefficient (Wildman–Crippen LogP) is 3.56. The molecule has 1 atom stereocenters. The summed E-state index contributed by atoms with van der Waals surface area (Å²) < 4.78 is 26.4. The molecule has 20 heavy (non-hydrogen) atoms. The van der Waals surface area contributed by atoms with Gasteiger partial charge in [-0.25, -0.2) is 8.78 Å². The minimum atomic E-state index is -0.931. The van der Waals surface area contributed by atoms with Gasteiger partial charge in [0.2, 0.25) is 0 Å². The minimum absolute atomic E-state index is 0.154. The molecule has 0 amide bonds. The van der Waals surface area contributed by atoms with E-state index in [4.69, 9.17) is 0 Å². The molecule has 4 heteroatoms. The van der Waals surface area contributed by atoms with E-state index in [9.17, 15) is 13.9 Å². The molecule has 1 fully saturated rings. The van der Waals surface area contributed by atoms with Crippen molar-refractivity contribution in [2.24, 2.45) is 5.92 Å². The largest absolute Gasteiger partial charge is 0.387 e. The molecule has 0 heterocycles. The highest BCUT2D eigenvalue weighted by molar-refractivity contribution is 5.21. The van der Waals surface area contributed by atoms with Crippen LogP contribution in [0, 0.1) is 17.6 Å². The van der Waals surface area contributed by atoms with E-state index >= 15 is 0 Å². The summed E-state index contributed by atoms with van der Waals surface area (Å²) in [6.45, 7) is 2.53. The van der Waals surface area contributed by atoms with Gasteiger partial charge in [-0.1, -0.05) is 19.4 Å². The predicted molar refractivity (Wildman–Crippen MR) is 75.4 cm³/mol. The smallest absolute Gasteiger partial charge is 0.131 e. The van der Waals surface area contributed by atoms with E-state index in [1.807, 2.05) is 0 Å². The molecule has 0 saturated heterocycles. The van der Waals surface area contributed by atoms with E-state index in [1.165, 1.54) is 31.4 Å². The second-order valence-corrected chi connectivity index (χ2v) is 5.72. The summed E-state index contributed by atoms with van der Waals surface area (Å²) in [4.78, 5) is 0. The van der Waals surface area contributed by atoms with Gasteiger partial charge in [0.05, 0.1) is 6.10 Å². The van der Waals surface area contributed by atoms with Gasteiger partial charge in [-0.15, -0.1) is 0 Å². The van der Waals surface area contributed by atoms with Crippen LogP contribution in [0.4, 0.5) is 8.78 Å². The number of nitrogens with one attached hydrogen (secondary N) is 1. The maximum absolute atomic E-state index is 13.5. The molecule has 1 aliphatic rings. The molecule has 2 N–H and O–H groups in total. The molecule has 1 aliphatic carbocycles. The molecule has 1 aromatic carbocycles. The lowest BCUT2D eigenvalue weighted by Gasteiger charge is -2.29. The molecule has 0 aromatic heterocycles. The Morgan fingerprint density at radius 2 is 1.95 bits per heavy atom. The van der Waals surface area contributed by atoms with E-state index in [0.29, 0.717) is 12.6 Å². The standard InChI is InChI=1S/C16H23F2NO/c1-2-11-3-6-13(7-4-11)19-10-16(20)14-8-5-12(17)9-15(14)18/h5,8-9,11,13,16,19-20H,2-4,6-7,10H2,1H3. The summed E-state index contributed by atoms with van der Waals surface area (Å²) in [5.41, 5.74) is 0.154. The summed E-state index contributed by atoms with van der Waals surface area (Å²) in [6.07, 6.45) is 4.95. The number of benzene rings is 1. The molecule has 2 rings (SSSR count). The van der Waals surface area contributed by atoms with E-state index < -0.39 is 17.7 Å². The van der Waals surface area contributed by atoms with Crippen LogP contribution in [-0.4, -0.2) is 17.7 Å². The van der Waals surface area contributed by atoms with Gasteiger partial charge in [0.1, 0.15) is 11.6 Å². The van der Waals surface area contributed by atoms with Crippen molar-refractivity contribution < 1.29 is 13.9 Å². The first-order valence-electron chi connectivity index (χ1n) is 7.46. The van der Waals surface area contributed by atoms with Crippen molar-refractivity contribution in [2.75, 3.05) is 6.54 Å². The van der Waals surface area contributed by atoms with E-state index in [1.54, 1.807) is 0 Å². The average molecular weight is 283 g/mol. The van der Waals surface area contributed by atoms with Crippen molar-refractivity contribution in [2.45, 2.75) is 51.2 Å². The zero-order chi connectivity index (χ0) is 14.5. The molecular weight excluding hydrogens is 260 g/mol. The Morgan fingerprint density at radius 1 is 1.25 bits per heavy atom. The summed E-state index contributed by atoms with van der Waals surface area (Å²) in [5, 5.41) is 13.3. The number of hydrogen-bond donors (Lipinski definition) is 2. The quantitative estimate of drug-likeness (QED) is 0.866. The van der Waals surface area contributed by atoms with E-state index in [-0.39, 0.29) is 5.56 Å². The fourth-order valence-corrected chi connectivity index (χ4v) is 2.93. The van der Waals surface area contributed by atoms with Crippen LogP contribution in [0.5, 0.6) is 0 Å². The zero-order valence-corrected chi connectivity index (χ0v) is 11.9. The molecule has 1 saturated carbocycles. The zero-order valence-electron chi connectivity index (χ0n) is 11.9. The summed E-state index contributed by atoms with van der Waals surface area (Å²) in [5.74, 6) is -0.481. The van der Waals surface area contributed by atoms with Gasteiger partial charge >= 0.3 is 0 Å². The van der Waals surface area contributed by atoms with Gasteiger partial charge in [0.25, 0.3) is 0 Å². The molecule has 0 bridgehead atoms. The number of aliphatic hydroxyl groups excluding tert-OH is 1. The van der Waals surface area contributed by atoms with Gasteiger partial charge in [0, 0.05) is 24.2 Å². The van der Waals surface area contributed by atoms with Crippen LogP contribution in [0.2, 0.25) is 0 Å². The Labute approximate surface area is 119 Å². The Balaban J connectivity index is 1.82. The van der Waals surface area contributed by atoms with Crippen LogP contribution >= 0.6 is 0 Å². The number of halogens is 2. The van der Waals surface area contributed by atoms with Crippen molar-refractivity contribution in [1.29, 1.82) is 0 Å². The molecule has 0 radical (unpaired) electrons. The number of rotatable bonds is 5. The second-order valence-electron chi connectivity index (χ2n) is 5.72. The van der Waals surface area contributed by atoms with Crippen LogP contribution in [0.3, 0.4) is 0 Å². The Bertz CT molecular complexity index is 430. The summed E-state index contributed by atoms with van der Waals surface area (Å²) >= 11 is 0. The Hall–Kier alpha value is -1.00. The van der Waals surface area contributed by atoms with Crippen molar-refractivity contribution in [1.82, 2.24) is 5.32 Å². The second kappa shape index (κ2) is 7.14. The average Bonchev–Trinajstić information content (AvgIpc) is 2.45. The highest BCUT2D eigenvalue weighted by atomic mass is 19.1. The first-order chi connectivity index (χ1) is 9.60. The van der Waals surface area contributed by atoms with Crippen LogP contribution in [0.1, 0.15) is 50.7 Å². The number of hydrogen-bond acceptors (Lipinski definition) is 2. The molecule has 0 aliphatic heterocycles. The lowest BCUT2D eigenvalue weighted by atomic mass is 9.84. The lowest BCUT2D eigenvalue weighted by Crippen LogP contribution is -2.36. The molecular formula is C16H23F2NO. The fraction of sp³-hybridized carbons (Fsp3) is 0.625. The van der Waals surface area contributed by atoms with Crippen LogP contribution in [-0.2, 0) is 0 Å². The Morgan fingerprint density at radius 3 is 2.55 bits per heavy atom. The van der Waals surface area contributed by atoms with Gasteiger partial charge in [-0.3, -0.25) is 0 Å². The summed E-state index contributed by atoms with van der Waals surface area (Å²) in [7, 11) is 0. The molecule has 0 spiro atoms. The highest BCUT2D eigenvalue weighted by Gasteiger charge is 2.21. The third kappa shape index (κ3) is 4.00. The van der Waals surface area contributed by atoms with Crippen molar-refractivity contribution in [3.8, 4) is 0 Å². The maximum Gasteiger partial charge on any atom is 0.131 e. The first kappa shape index (κ1) is 15.4. The first-order valence-corrected chi connectivity index (χ1v) is 7.46.